The molecule has 4 nitrogen and oxygen atoms in total. The summed E-state index contributed by atoms with van der Waals surface area (Å²) in [7, 11) is 0. The van der Waals surface area contributed by atoms with Gasteiger partial charge in [-0.2, -0.15) is 0 Å². The zero-order valence-electron chi connectivity index (χ0n) is 10.3. The van der Waals surface area contributed by atoms with E-state index in [-0.39, 0.29) is 11.2 Å². The van der Waals surface area contributed by atoms with Crippen molar-refractivity contribution in [2.24, 2.45) is 5.41 Å². The van der Waals surface area contributed by atoms with Crippen LogP contribution in [0.4, 0.5) is 0 Å². The zero-order valence-corrected chi connectivity index (χ0v) is 10.3. The van der Waals surface area contributed by atoms with Crippen molar-refractivity contribution in [1.29, 1.82) is 0 Å². The summed E-state index contributed by atoms with van der Waals surface area (Å²) in [5.41, 5.74) is 1.61. The molecule has 0 radical (unpaired) electrons. The van der Waals surface area contributed by atoms with Crippen LogP contribution in [-0.2, 0) is 6.54 Å². The van der Waals surface area contributed by atoms with E-state index in [9.17, 15) is 9.90 Å². The van der Waals surface area contributed by atoms with Crippen LogP contribution in [0.3, 0.4) is 0 Å². The second kappa shape index (κ2) is 3.87. The number of carboxylic acids is 1. The maximum absolute atomic E-state index is 11.2. The van der Waals surface area contributed by atoms with Crippen molar-refractivity contribution in [2.45, 2.75) is 27.3 Å². The maximum Gasteiger partial charge on any atom is 0.372 e. The van der Waals surface area contributed by atoms with Crippen LogP contribution < -0.4 is 0 Å². The molecule has 0 unspecified atom stereocenters. The number of fused-ring (bicyclic) bond motifs is 1. The Hall–Kier alpha value is -1.84. The number of carbonyl (C=O) groups is 1. The lowest BCUT2D eigenvalue weighted by Crippen LogP contribution is -2.19. The average Bonchev–Trinajstić information content (AvgIpc) is 2.55. The number of hydrogen-bond acceptors (Lipinski definition) is 2. The van der Waals surface area contributed by atoms with Gasteiger partial charge >= 0.3 is 5.97 Å². The molecule has 1 aromatic carbocycles. The molecular weight excluding hydrogens is 216 g/mol. The van der Waals surface area contributed by atoms with Gasteiger partial charge in [0.2, 0.25) is 5.82 Å². The van der Waals surface area contributed by atoms with Crippen LogP contribution in [0.2, 0.25) is 0 Å². The van der Waals surface area contributed by atoms with Gasteiger partial charge in [0.25, 0.3) is 0 Å². The Bertz CT molecular complexity index is 564. The Morgan fingerprint density at radius 2 is 2.00 bits per heavy atom. The molecule has 1 aromatic heterocycles. The normalized spacial score (nSPS) is 11.9. The summed E-state index contributed by atoms with van der Waals surface area (Å²) in [5.74, 6) is -0.869. The van der Waals surface area contributed by atoms with Gasteiger partial charge in [0, 0.05) is 6.54 Å². The number of imidazole rings is 1. The molecular formula is C13H16N2O2. The fraction of sp³-hybridized carbons (Fsp3) is 0.385. The fourth-order valence-electron chi connectivity index (χ4n) is 1.87. The van der Waals surface area contributed by atoms with Gasteiger partial charge < -0.3 is 9.67 Å². The van der Waals surface area contributed by atoms with E-state index in [1.54, 1.807) is 4.57 Å². The summed E-state index contributed by atoms with van der Waals surface area (Å²) >= 11 is 0. The lowest BCUT2D eigenvalue weighted by Gasteiger charge is -2.20. The molecule has 0 amide bonds. The highest BCUT2D eigenvalue weighted by Crippen LogP contribution is 2.23. The number of aromatic nitrogens is 2. The number of nitrogens with zero attached hydrogens (tertiary/aromatic N) is 2. The first-order valence-electron chi connectivity index (χ1n) is 5.57. The van der Waals surface area contributed by atoms with E-state index >= 15 is 0 Å². The van der Waals surface area contributed by atoms with Gasteiger partial charge in [-0.05, 0) is 17.5 Å². The summed E-state index contributed by atoms with van der Waals surface area (Å²) in [6.45, 7) is 6.86. The molecule has 0 aliphatic rings. The molecule has 2 rings (SSSR count). The maximum atomic E-state index is 11.2. The van der Waals surface area contributed by atoms with E-state index < -0.39 is 5.97 Å². The van der Waals surface area contributed by atoms with Gasteiger partial charge in [0.15, 0.2) is 0 Å². The molecule has 0 spiro atoms. The topological polar surface area (TPSA) is 55.1 Å². The summed E-state index contributed by atoms with van der Waals surface area (Å²) < 4.78 is 1.78. The van der Waals surface area contributed by atoms with Crippen molar-refractivity contribution in [3.8, 4) is 0 Å². The van der Waals surface area contributed by atoms with Crippen molar-refractivity contribution in [3.63, 3.8) is 0 Å². The number of aromatic carboxylic acids is 1. The lowest BCUT2D eigenvalue weighted by atomic mass is 9.97. The third kappa shape index (κ3) is 2.30. The van der Waals surface area contributed by atoms with Crippen LogP contribution in [0.15, 0.2) is 24.3 Å². The number of carboxylic acid groups (broad SMARTS) is 1. The van der Waals surface area contributed by atoms with E-state index in [0.717, 1.165) is 11.0 Å². The van der Waals surface area contributed by atoms with Gasteiger partial charge in [-0.25, -0.2) is 9.78 Å². The van der Waals surface area contributed by atoms with Gasteiger partial charge in [-0.3, -0.25) is 0 Å². The number of benzene rings is 1. The van der Waals surface area contributed by atoms with Crippen molar-refractivity contribution in [3.05, 3.63) is 30.1 Å². The summed E-state index contributed by atoms with van der Waals surface area (Å²) in [6.07, 6.45) is 0. The van der Waals surface area contributed by atoms with Crippen molar-refractivity contribution < 1.29 is 9.90 Å². The standard InChI is InChI=1S/C13H16N2O2/c1-13(2,3)8-15-10-7-5-4-6-9(10)14-11(15)12(16)17/h4-7H,8H2,1-3H3,(H,16,17). The second-order valence-corrected chi connectivity index (χ2v) is 5.38. The Morgan fingerprint density at radius 3 is 2.59 bits per heavy atom. The van der Waals surface area contributed by atoms with E-state index in [4.69, 9.17) is 0 Å². The molecule has 0 fully saturated rings. The van der Waals surface area contributed by atoms with E-state index in [1.807, 2.05) is 24.3 Å². The van der Waals surface area contributed by atoms with E-state index in [2.05, 4.69) is 25.8 Å². The highest BCUT2D eigenvalue weighted by Gasteiger charge is 2.20. The molecule has 0 saturated heterocycles. The Balaban J connectivity index is 2.64. The second-order valence-electron chi connectivity index (χ2n) is 5.38. The molecule has 0 atom stereocenters. The largest absolute Gasteiger partial charge is 0.475 e. The highest BCUT2D eigenvalue weighted by atomic mass is 16.4. The van der Waals surface area contributed by atoms with Crippen molar-refractivity contribution in [2.75, 3.05) is 0 Å². The minimum Gasteiger partial charge on any atom is -0.475 e. The quantitative estimate of drug-likeness (QED) is 0.866. The van der Waals surface area contributed by atoms with Gasteiger partial charge in [0.1, 0.15) is 0 Å². The SMILES string of the molecule is CC(C)(C)Cn1c(C(=O)O)nc2ccccc21. The van der Waals surface area contributed by atoms with Crippen molar-refractivity contribution in [1.82, 2.24) is 9.55 Å². The van der Waals surface area contributed by atoms with Crippen LogP contribution in [0.5, 0.6) is 0 Å². The van der Waals surface area contributed by atoms with Crippen LogP contribution in [0.25, 0.3) is 11.0 Å². The first-order chi connectivity index (χ1) is 7.88. The Morgan fingerprint density at radius 1 is 1.35 bits per heavy atom. The van der Waals surface area contributed by atoms with Crippen molar-refractivity contribution >= 4 is 17.0 Å². The van der Waals surface area contributed by atoms with Crippen LogP contribution in [0, 0.1) is 5.41 Å². The molecule has 2 aromatic rings. The minimum atomic E-state index is -0.981. The third-order valence-corrected chi connectivity index (χ3v) is 2.48. The number of rotatable bonds is 2. The Labute approximate surface area is 99.9 Å². The first kappa shape index (κ1) is 11.6. The number of hydrogen-bond donors (Lipinski definition) is 1. The van der Waals surface area contributed by atoms with Crippen LogP contribution in [0.1, 0.15) is 31.4 Å². The molecule has 90 valence electrons. The molecule has 0 aliphatic heterocycles. The highest BCUT2D eigenvalue weighted by molar-refractivity contribution is 5.89. The smallest absolute Gasteiger partial charge is 0.372 e. The van der Waals surface area contributed by atoms with Gasteiger partial charge in [0.05, 0.1) is 11.0 Å². The summed E-state index contributed by atoms with van der Waals surface area (Å²) in [4.78, 5) is 15.4. The Kier molecular flexibility index (Phi) is 2.65. The lowest BCUT2D eigenvalue weighted by molar-refractivity contribution is 0.0676. The average molecular weight is 232 g/mol. The van der Waals surface area contributed by atoms with Gasteiger partial charge in [-0.1, -0.05) is 32.9 Å². The van der Waals surface area contributed by atoms with E-state index in [0.29, 0.717) is 6.54 Å². The van der Waals surface area contributed by atoms with Gasteiger partial charge in [-0.15, -0.1) is 0 Å². The predicted molar refractivity (Wildman–Crippen MR) is 66.1 cm³/mol. The molecule has 4 heteroatoms. The molecule has 1 heterocycles. The molecule has 0 saturated carbocycles. The summed E-state index contributed by atoms with van der Waals surface area (Å²) in [5, 5.41) is 9.18. The van der Waals surface area contributed by atoms with Crippen LogP contribution in [-0.4, -0.2) is 20.6 Å². The monoisotopic (exact) mass is 232 g/mol. The molecule has 17 heavy (non-hydrogen) atoms. The summed E-state index contributed by atoms with van der Waals surface area (Å²) in [6, 6.07) is 7.50. The minimum absolute atomic E-state index is 0.00761. The predicted octanol–water partition coefficient (Wildman–Crippen LogP) is 2.78. The number of para-hydroxylation sites is 2. The van der Waals surface area contributed by atoms with E-state index in [1.165, 1.54) is 0 Å². The first-order valence-corrected chi connectivity index (χ1v) is 5.57. The zero-order chi connectivity index (χ0) is 12.6. The fourth-order valence-corrected chi connectivity index (χ4v) is 1.87. The molecule has 0 aliphatic carbocycles. The molecule has 1 N–H and O–H groups in total. The van der Waals surface area contributed by atoms with Crippen LogP contribution >= 0.6 is 0 Å². The third-order valence-electron chi connectivity index (χ3n) is 2.48. The molecule has 0 bridgehead atoms.